The van der Waals surface area contributed by atoms with E-state index in [1.165, 1.54) is 45.3 Å². The molecule has 1 heterocycles. The molecular weight excluding hydrogens is 160 g/mol. The van der Waals surface area contributed by atoms with Gasteiger partial charge in [-0.15, -0.1) is 0 Å². The third-order valence-electron chi connectivity index (χ3n) is 3.75. The van der Waals surface area contributed by atoms with Crippen molar-refractivity contribution in [1.82, 2.24) is 10.6 Å². The molecule has 2 unspecified atom stereocenters. The van der Waals surface area contributed by atoms with E-state index < -0.39 is 0 Å². The van der Waals surface area contributed by atoms with Crippen molar-refractivity contribution in [2.24, 2.45) is 11.8 Å². The first kappa shape index (κ1) is 9.47. The van der Waals surface area contributed by atoms with Gasteiger partial charge in [0.2, 0.25) is 0 Å². The Balaban J connectivity index is 1.61. The largest absolute Gasteiger partial charge is 0.317 e. The molecule has 0 amide bonds. The van der Waals surface area contributed by atoms with Crippen molar-refractivity contribution in [2.75, 3.05) is 19.6 Å². The lowest BCUT2D eigenvalue weighted by molar-refractivity contribution is 0.211. The molecule has 2 nitrogen and oxygen atoms in total. The highest BCUT2D eigenvalue weighted by molar-refractivity contribution is 4.84. The first-order valence-corrected chi connectivity index (χ1v) is 5.80. The maximum Gasteiger partial charge on any atom is 0.00929 e. The second-order valence-electron chi connectivity index (χ2n) is 4.76. The minimum absolute atomic E-state index is 0.842. The minimum atomic E-state index is 0.842. The van der Waals surface area contributed by atoms with E-state index in [-0.39, 0.29) is 0 Å². The Kier molecular flexibility index (Phi) is 3.23. The molecular formula is C11H22N2. The summed E-state index contributed by atoms with van der Waals surface area (Å²) in [5.41, 5.74) is 0. The van der Waals surface area contributed by atoms with Crippen molar-refractivity contribution in [3.8, 4) is 0 Å². The van der Waals surface area contributed by atoms with Crippen molar-refractivity contribution in [3.05, 3.63) is 0 Å². The van der Waals surface area contributed by atoms with Gasteiger partial charge in [0.15, 0.2) is 0 Å². The van der Waals surface area contributed by atoms with Gasteiger partial charge in [-0.2, -0.15) is 0 Å². The number of hydrogen-bond donors (Lipinski definition) is 2. The van der Waals surface area contributed by atoms with Crippen LogP contribution in [0.5, 0.6) is 0 Å². The molecule has 1 aliphatic carbocycles. The lowest BCUT2D eigenvalue weighted by atomic mass is 9.81. The van der Waals surface area contributed by atoms with Crippen LogP contribution in [0.25, 0.3) is 0 Å². The summed E-state index contributed by atoms with van der Waals surface area (Å²) < 4.78 is 0. The Morgan fingerprint density at radius 1 is 1.15 bits per heavy atom. The smallest absolute Gasteiger partial charge is 0.00929 e. The first-order chi connectivity index (χ1) is 6.36. The maximum absolute atomic E-state index is 3.71. The predicted molar refractivity (Wildman–Crippen MR) is 55.8 cm³/mol. The second kappa shape index (κ2) is 4.43. The van der Waals surface area contributed by atoms with E-state index >= 15 is 0 Å². The summed E-state index contributed by atoms with van der Waals surface area (Å²) in [7, 11) is 0. The molecule has 76 valence electrons. The molecule has 2 N–H and O–H groups in total. The Morgan fingerprint density at radius 2 is 1.92 bits per heavy atom. The van der Waals surface area contributed by atoms with Gasteiger partial charge in [0.1, 0.15) is 0 Å². The topological polar surface area (TPSA) is 24.1 Å². The lowest BCUT2D eigenvalue weighted by Crippen LogP contribution is -2.45. The van der Waals surface area contributed by atoms with Gasteiger partial charge in [-0.05, 0) is 57.2 Å². The van der Waals surface area contributed by atoms with Crippen molar-refractivity contribution in [3.63, 3.8) is 0 Å². The molecule has 1 aliphatic heterocycles. The van der Waals surface area contributed by atoms with Crippen molar-refractivity contribution < 1.29 is 0 Å². The Bertz CT molecular complexity index is 152. The molecule has 0 radical (unpaired) electrons. The fourth-order valence-corrected chi connectivity index (χ4v) is 2.37. The molecule has 2 aliphatic rings. The second-order valence-corrected chi connectivity index (χ2v) is 4.76. The minimum Gasteiger partial charge on any atom is -0.317 e. The molecule has 0 spiro atoms. The summed E-state index contributed by atoms with van der Waals surface area (Å²) >= 11 is 0. The fourth-order valence-electron chi connectivity index (χ4n) is 2.37. The van der Waals surface area contributed by atoms with Crippen molar-refractivity contribution in [1.29, 1.82) is 0 Å². The molecule has 0 bridgehead atoms. The average molecular weight is 182 g/mol. The summed E-state index contributed by atoms with van der Waals surface area (Å²) in [4.78, 5) is 0. The number of nitrogens with one attached hydrogen (secondary N) is 2. The van der Waals surface area contributed by atoms with Gasteiger partial charge < -0.3 is 10.6 Å². The normalized spacial score (nSPS) is 35.8. The van der Waals surface area contributed by atoms with E-state index in [0.717, 1.165) is 17.9 Å². The van der Waals surface area contributed by atoms with E-state index in [1.807, 2.05) is 0 Å². The summed E-state index contributed by atoms with van der Waals surface area (Å²) in [5.74, 6) is 1.87. The van der Waals surface area contributed by atoms with Crippen LogP contribution in [0.15, 0.2) is 0 Å². The summed E-state index contributed by atoms with van der Waals surface area (Å²) in [6.45, 7) is 6.08. The van der Waals surface area contributed by atoms with Crippen LogP contribution in [0, 0.1) is 11.8 Å². The Hall–Kier alpha value is -0.0800. The van der Waals surface area contributed by atoms with Gasteiger partial charge >= 0.3 is 0 Å². The van der Waals surface area contributed by atoms with E-state index in [0.29, 0.717) is 0 Å². The summed E-state index contributed by atoms with van der Waals surface area (Å²) in [6, 6.07) is 0.842. The molecule has 0 aromatic rings. The maximum atomic E-state index is 3.71. The van der Waals surface area contributed by atoms with E-state index in [4.69, 9.17) is 0 Å². The van der Waals surface area contributed by atoms with Crippen LogP contribution in [0.1, 0.15) is 32.6 Å². The molecule has 0 aromatic carbocycles. The Morgan fingerprint density at radius 3 is 2.46 bits per heavy atom. The third-order valence-corrected chi connectivity index (χ3v) is 3.75. The van der Waals surface area contributed by atoms with Crippen LogP contribution in [0.4, 0.5) is 0 Å². The summed E-state index contributed by atoms with van der Waals surface area (Å²) in [5, 5.41) is 7.12. The van der Waals surface area contributed by atoms with Crippen LogP contribution < -0.4 is 10.6 Å². The summed E-state index contributed by atoms with van der Waals surface area (Å²) in [6.07, 6.45) is 5.58. The highest BCUT2D eigenvalue weighted by Crippen LogP contribution is 2.26. The number of rotatable bonds is 3. The van der Waals surface area contributed by atoms with Gasteiger partial charge in [0.25, 0.3) is 0 Å². The van der Waals surface area contributed by atoms with Gasteiger partial charge in [0.05, 0.1) is 0 Å². The highest BCUT2D eigenvalue weighted by Gasteiger charge is 2.26. The molecule has 1 saturated carbocycles. The number of piperidine rings is 1. The molecule has 13 heavy (non-hydrogen) atoms. The fraction of sp³-hybridized carbons (Fsp3) is 1.00. The monoisotopic (exact) mass is 182 g/mol. The Labute approximate surface area is 81.5 Å². The number of hydrogen-bond acceptors (Lipinski definition) is 2. The van der Waals surface area contributed by atoms with Gasteiger partial charge in [-0.25, -0.2) is 0 Å². The predicted octanol–water partition coefficient (Wildman–Crippen LogP) is 1.37. The zero-order valence-electron chi connectivity index (χ0n) is 8.68. The van der Waals surface area contributed by atoms with Crippen LogP contribution in [0.3, 0.4) is 0 Å². The lowest BCUT2D eigenvalue weighted by Gasteiger charge is -2.36. The van der Waals surface area contributed by atoms with Crippen molar-refractivity contribution in [2.45, 2.75) is 38.6 Å². The molecule has 0 aromatic heterocycles. The van der Waals surface area contributed by atoms with E-state index in [9.17, 15) is 0 Å². The van der Waals surface area contributed by atoms with Crippen LogP contribution >= 0.6 is 0 Å². The van der Waals surface area contributed by atoms with Crippen LogP contribution in [-0.2, 0) is 0 Å². The van der Waals surface area contributed by atoms with Gasteiger partial charge in [0, 0.05) is 6.04 Å². The van der Waals surface area contributed by atoms with E-state index in [2.05, 4.69) is 17.6 Å². The average Bonchev–Trinajstić information content (AvgIpc) is 2.17. The molecule has 1 saturated heterocycles. The van der Waals surface area contributed by atoms with Gasteiger partial charge in [-0.1, -0.05) is 6.92 Å². The third kappa shape index (κ3) is 2.44. The SMILES string of the molecule is CC1CCC1NCC1CCNCC1. The molecule has 2 heteroatoms. The highest BCUT2D eigenvalue weighted by atomic mass is 14.9. The molecule has 2 fully saturated rings. The van der Waals surface area contributed by atoms with Crippen molar-refractivity contribution >= 4 is 0 Å². The zero-order valence-corrected chi connectivity index (χ0v) is 8.68. The first-order valence-electron chi connectivity index (χ1n) is 5.80. The van der Waals surface area contributed by atoms with Gasteiger partial charge in [-0.3, -0.25) is 0 Å². The van der Waals surface area contributed by atoms with Crippen LogP contribution in [-0.4, -0.2) is 25.7 Å². The zero-order chi connectivity index (χ0) is 9.10. The van der Waals surface area contributed by atoms with E-state index in [1.54, 1.807) is 0 Å². The molecule has 2 atom stereocenters. The van der Waals surface area contributed by atoms with Crippen LogP contribution in [0.2, 0.25) is 0 Å². The quantitative estimate of drug-likeness (QED) is 0.689. The standard InChI is InChI=1S/C11H22N2/c1-9-2-3-11(9)13-8-10-4-6-12-7-5-10/h9-13H,2-8H2,1H3. The molecule has 2 rings (SSSR count).